The third-order valence-electron chi connectivity index (χ3n) is 4.75. The highest BCUT2D eigenvalue weighted by Gasteiger charge is 2.35. The van der Waals surface area contributed by atoms with Crippen LogP contribution >= 0.6 is 11.8 Å². The smallest absolute Gasteiger partial charge is 0.416 e. The summed E-state index contributed by atoms with van der Waals surface area (Å²) in [7, 11) is 1.49. The van der Waals surface area contributed by atoms with Crippen LogP contribution in [0.3, 0.4) is 0 Å². The Balaban J connectivity index is 1.60. The maximum atomic E-state index is 12.7. The van der Waals surface area contributed by atoms with Crippen LogP contribution in [-0.2, 0) is 11.0 Å². The van der Waals surface area contributed by atoms with Gasteiger partial charge >= 0.3 is 6.18 Å². The van der Waals surface area contributed by atoms with Crippen molar-refractivity contribution in [2.45, 2.75) is 13.1 Å². The van der Waals surface area contributed by atoms with E-state index in [1.54, 1.807) is 24.3 Å². The van der Waals surface area contributed by atoms with E-state index in [9.17, 15) is 27.6 Å². The Hall–Kier alpha value is -3.47. The zero-order valence-corrected chi connectivity index (χ0v) is 19.1. The molecule has 180 valence electrons. The Labute approximate surface area is 197 Å². The van der Waals surface area contributed by atoms with Crippen molar-refractivity contribution < 1.29 is 37.0 Å². The predicted molar refractivity (Wildman–Crippen MR) is 121 cm³/mol. The zero-order chi connectivity index (χ0) is 24.9. The Morgan fingerprint density at radius 2 is 1.82 bits per heavy atom. The van der Waals surface area contributed by atoms with Gasteiger partial charge in [0.25, 0.3) is 17.1 Å². The van der Waals surface area contributed by atoms with E-state index in [2.05, 4.69) is 5.32 Å². The van der Waals surface area contributed by atoms with E-state index >= 15 is 0 Å². The number of benzene rings is 2. The van der Waals surface area contributed by atoms with Gasteiger partial charge in [0.2, 0.25) is 0 Å². The highest BCUT2D eigenvalue weighted by Crippen LogP contribution is 2.34. The van der Waals surface area contributed by atoms with Crippen LogP contribution in [0, 0.1) is 0 Å². The summed E-state index contributed by atoms with van der Waals surface area (Å²) in [5.41, 5.74) is -0.188. The minimum atomic E-state index is -4.50. The quantitative estimate of drug-likeness (QED) is 0.541. The molecule has 0 radical (unpaired) electrons. The van der Waals surface area contributed by atoms with Gasteiger partial charge in [-0.25, -0.2) is 0 Å². The largest absolute Gasteiger partial charge is 0.493 e. The van der Waals surface area contributed by atoms with Gasteiger partial charge < -0.3 is 14.8 Å². The molecule has 0 aromatic heterocycles. The number of nitrogens with one attached hydrogen (secondary N) is 1. The Morgan fingerprint density at radius 3 is 2.44 bits per heavy atom. The second-order valence-corrected chi connectivity index (χ2v) is 8.00. The monoisotopic (exact) mass is 494 g/mol. The van der Waals surface area contributed by atoms with Crippen LogP contribution in [0.2, 0.25) is 0 Å². The number of hydrogen-bond acceptors (Lipinski definition) is 6. The second-order valence-electron chi connectivity index (χ2n) is 7.01. The minimum absolute atomic E-state index is 0.0338. The summed E-state index contributed by atoms with van der Waals surface area (Å²) in [6.07, 6.45) is -2.94. The molecule has 1 saturated heterocycles. The predicted octanol–water partition coefficient (Wildman–Crippen LogP) is 4.58. The van der Waals surface area contributed by atoms with Crippen molar-refractivity contribution in [1.82, 2.24) is 10.2 Å². The Bertz CT molecular complexity index is 1120. The van der Waals surface area contributed by atoms with Crippen LogP contribution in [0.5, 0.6) is 11.5 Å². The van der Waals surface area contributed by atoms with Crippen LogP contribution in [0.4, 0.5) is 18.0 Å². The number of rotatable bonds is 8. The molecule has 0 unspecified atom stereocenters. The molecule has 1 aliphatic rings. The summed E-state index contributed by atoms with van der Waals surface area (Å²) in [5, 5.41) is 2.01. The van der Waals surface area contributed by atoms with Gasteiger partial charge in [-0.15, -0.1) is 0 Å². The molecule has 1 heterocycles. The number of methoxy groups -OCH3 is 1. The molecule has 1 fully saturated rings. The van der Waals surface area contributed by atoms with E-state index in [4.69, 9.17) is 9.47 Å². The van der Waals surface area contributed by atoms with Gasteiger partial charge in [0.05, 0.1) is 24.2 Å². The molecule has 2 aromatic rings. The molecule has 0 spiro atoms. The first-order valence-electron chi connectivity index (χ1n) is 10.2. The molecule has 1 aliphatic heterocycles. The van der Waals surface area contributed by atoms with Crippen LogP contribution < -0.4 is 14.8 Å². The normalized spacial score (nSPS) is 15.1. The summed E-state index contributed by atoms with van der Waals surface area (Å²) in [6, 6.07) is 8.86. The molecule has 11 heteroatoms. The number of ether oxygens (including phenoxy) is 2. The molecule has 7 nitrogen and oxygen atoms in total. The van der Waals surface area contributed by atoms with Crippen LogP contribution in [-0.4, -0.2) is 48.8 Å². The third-order valence-corrected chi connectivity index (χ3v) is 5.66. The van der Waals surface area contributed by atoms with Gasteiger partial charge in [0, 0.05) is 18.7 Å². The third kappa shape index (κ3) is 5.90. The zero-order valence-electron chi connectivity index (χ0n) is 18.3. The Morgan fingerprint density at radius 1 is 1.12 bits per heavy atom. The molecule has 3 amide bonds. The van der Waals surface area contributed by atoms with Crippen molar-refractivity contribution in [3.63, 3.8) is 0 Å². The summed E-state index contributed by atoms with van der Waals surface area (Å²) < 4.78 is 48.7. The minimum Gasteiger partial charge on any atom is -0.493 e. The lowest BCUT2D eigenvalue weighted by Gasteiger charge is -2.13. The first-order chi connectivity index (χ1) is 16.1. The maximum absolute atomic E-state index is 12.7. The lowest BCUT2D eigenvalue weighted by molar-refractivity contribution is -0.137. The topological polar surface area (TPSA) is 84.9 Å². The fourth-order valence-corrected chi connectivity index (χ4v) is 3.95. The molecule has 0 bridgehead atoms. The van der Waals surface area contributed by atoms with Crippen molar-refractivity contribution >= 4 is 34.9 Å². The highest BCUT2D eigenvalue weighted by molar-refractivity contribution is 8.18. The number of carbonyl (C=O) groups excluding carboxylic acids is 3. The Kier molecular flexibility index (Phi) is 7.87. The SMILES string of the molecule is CCOc1ccc(/C=C2\SC(=O)N(CCNC(=O)c3ccc(C(F)(F)F)cc3)C2=O)cc1OC. The van der Waals surface area contributed by atoms with Gasteiger partial charge in [0.1, 0.15) is 0 Å². The van der Waals surface area contributed by atoms with Crippen molar-refractivity contribution in [3.05, 3.63) is 64.1 Å². The van der Waals surface area contributed by atoms with Gasteiger partial charge in [-0.3, -0.25) is 19.3 Å². The number of alkyl halides is 3. The average molecular weight is 494 g/mol. The number of thioether (sulfide) groups is 1. The second kappa shape index (κ2) is 10.6. The highest BCUT2D eigenvalue weighted by atomic mass is 32.2. The first-order valence-corrected chi connectivity index (χ1v) is 11.0. The van der Waals surface area contributed by atoms with Crippen molar-refractivity contribution in [2.24, 2.45) is 0 Å². The van der Waals surface area contributed by atoms with E-state index in [1.807, 2.05) is 6.92 Å². The maximum Gasteiger partial charge on any atom is 0.416 e. The number of halogens is 3. The van der Waals surface area contributed by atoms with E-state index < -0.39 is 28.8 Å². The lowest BCUT2D eigenvalue weighted by atomic mass is 10.1. The van der Waals surface area contributed by atoms with E-state index in [0.29, 0.717) is 23.7 Å². The van der Waals surface area contributed by atoms with Crippen molar-refractivity contribution in [3.8, 4) is 11.5 Å². The molecule has 34 heavy (non-hydrogen) atoms. The van der Waals surface area contributed by atoms with Crippen LogP contribution in [0.25, 0.3) is 6.08 Å². The molecule has 0 atom stereocenters. The standard InChI is InChI=1S/C23H21F3N2O5S/c1-3-33-17-9-4-14(12-18(17)32-2)13-19-21(30)28(22(31)34-19)11-10-27-20(29)15-5-7-16(8-6-15)23(24,25)26/h4-9,12-13H,3,10-11H2,1-2H3,(H,27,29)/b19-13-. The van der Waals surface area contributed by atoms with Gasteiger partial charge in [-0.2, -0.15) is 13.2 Å². The average Bonchev–Trinajstić information content (AvgIpc) is 3.06. The summed E-state index contributed by atoms with van der Waals surface area (Å²) >= 11 is 0.771. The van der Waals surface area contributed by atoms with Crippen LogP contribution in [0.15, 0.2) is 47.4 Å². The summed E-state index contributed by atoms with van der Waals surface area (Å²) in [4.78, 5) is 38.3. The lowest BCUT2D eigenvalue weighted by Crippen LogP contribution is -2.37. The number of carbonyl (C=O) groups is 3. The molecule has 3 rings (SSSR count). The molecular formula is C23H21F3N2O5S. The van der Waals surface area contributed by atoms with Crippen molar-refractivity contribution in [1.29, 1.82) is 0 Å². The van der Waals surface area contributed by atoms with Crippen molar-refractivity contribution in [2.75, 3.05) is 26.8 Å². The van der Waals surface area contributed by atoms with E-state index in [-0.39, 0.29) is 23.6 Å². The molecule has 0 aliphatic carbocycles. The number of imide groups is 1. The summed E-state index contributed by atoms with van der Waals surface area (Å²) in [5.74, 6) is -0.0794. The first kappa shape index (κ1) is 25.2. The van der Waals surface area contributed by atoms with E-state index in [1.165, 1.54) is 7.11 Å². The molecule has 0 saturated carbocycles. The molecular weight excluding hydrogens is 473 g/mol. The number of hydrogen-bond donors (Lipinski definition) is 1. The van der Waals surface area contributed by atoms with Gasteiger partial charge in [0.15, 0.2) is 11.5 Å². The van der Waals surface area contributed by atoms with E-state index in [0.717, 1.165) is 40.9 Å². The molecule has 1 N–H and O–H groups in total. The fraction of sp³-hybridized carbons (Fsp3) is 0.261. The van der Waals surface area contributed by atoms with Crippen LogP contribution in [0.1, 0.15) is 28.4 Å². The summed E-state index contributed by atoms with van der Waals surface area (Å²) in [6.45, 7) is 2.17. The van der Waals surface area contributed by atoms with Gasteiger partial charge in [-0.1, -0.05) is 6.07 Å². The number of nitrogens with zero attached hydrogens (tertiary/aromatic N) is 1. The fourth-order valence-electron chi connectivity index (χ4n) is 3.09. The number of amides is 3. The van der Waals surface area contributed by atoms with Gasteiger partial charge in [-0.05, 0) is 66.7 Å². The molecule has 2 aromatic carbocycles.